The van der Waals surface area contributed by atoms with E-state index in [-0.39, 0.29) is 6.61 Å². The van der Waals surface area contributed by atoms with Crippen LogP contribution in [0.2, 0.25) is 0 Å². The summed E-state index contributed by atoms with van der Waals surface area (Å²) in [4.78, 5) is 3.48. The van der Waals surface area contributed by atoms with Gasteiger partial charge in [0, 0.05) is 21.7 Å². The number of para-hydroxylation sites is 1. The zero-order chi connectivity index (χ0) is 12.8. The molecule has 92 valence electrons. The van der Waals surface area contributed by atoms with Gasteiger partial charge in [-0.1, -0.05) is 48.5 Å². The van der Waals surface area contributed by atoms with E-state index >= 15 is 0 Å². The number of hydrogen-bond donors (Lipinski definition) is 2. The van der Waals surface area contributed by atoms with Gasteiger partial charge in [-0.2, -0.15) is 0 Å². The Bertz CT molecular complexity index is 905. The molecule has 4 aromatic rings. The van der Waals surface area contributed by atoms with Gasteiger partial charge in [-0.05, 0) is 17.0 Å². The molecule has 0 spiro atoms. The van der Waals surface area contributed by atoms with E-state index in [0.717, 1.165) is 27.4 Å². The topological polar surface area (TPSA) is 36.0 Å². The number of aromatic amines is 1. The van der Waals surface area contributed by atoms with Gasteiger partial charge >= 0.3 is 0 Å². The maximum atomic E-state index is 9.56. The fraction of sp³-hybridized carbons (Fsp3) is 0.0588. The molecule has 2 nitrogen and oxygen atoms in total. The van der Waals surface area contributed by atoms with Gasteiger partial charge in [-0.3, -0.25) is 0 Å². The van der Waals surface area contributed by atoms with Crippen molar-refractivity contribution in [2.24, 2.45) is 0 Å². The van der Waals surface area contributed by atoms with Crippen LogP contribution in [0.4, 0.5) is 0 Å². The number of aliphatic hydroxyl groups is 1. The van der Waals surface area contributed by atoms with E-state index in [4.69, 9.17) is 0 Å². The lowest BCUT2D eigenvalue weighted by molar-refractivity contribution is 0.283. The number of aromatic nitrogens is 1. The van der Waals surface area contributed by atoms with Crippen LogP contribution in [-0.2, 0) is 6.61 Å². The van der Waals surface area contributed by atoms with E-state index in [0.29, 0.717) is 0 Å². The van der Waals surface area contributed by atoms with Gasteiger partial charge in [-0.25, -0.2) is 0 Å². The average molecular weight is 247 g/mol. The first-order valence-corrected chi connectivity index (χ1v) is 6.40. The van der Waals surface area contributed by atoms with Gasteiger partial charge < -0.3 is 10.1 Å². The van der Waals surface area contributed by atoms with Crippen molar-refractivity contribution in [1.29, 1.82) is 0 Å². The van der Waals surface area contributed by atoms with Crippen LogP contribution in [-0.4, -0.2) is 10.1 Å². The van der Waals surface area contributed by atoms with Crippen molar-refractivity contribution in [2.45, 2.75) is 6.61 Å². The molecule has 0 unspecified atom stereocenters. The maximum absolute atomic E-state index is 9.56. The van der Waals surface area contributed by atoms with Crippen LogP contribution in [0.15, 0.2) is 54.6 Å². The molecule has 0 fully saturated rings. The molecule has 0 aliphatic carbocycles. The van der Waals surface area contributed by atoms with Crippen LogP contribution < -0.4 is 0 Å². The summed E-state index contributed by atoms with van der Waals surface area (Å²) in [5, 5.41) is 14.3. The van der Waals surface area contributed by atoms with Gasteiger partial charge in [0.2, 0.25) is 0 Å². The molecule has 1 heterocycles. The molecule has 0 aliphatic heterocycles. The van der Waals surface area contributed by atoms with E-state index < -0.39 is 0 Å². The lowest BCUT2D eigenvalue weighted by atomic mass is 10.0. The highest BCUT2D eigenvalue weighted by Crippen LogP contribution is 2.32. The second-order valence-corrected chi connectivity index (χ2v) is 4.83. The summed E-state index contributed by atoms with van der Waals surface area (Å²) in [6.45, 7) is 0.0613. The standard InChI is InChI=1S/C17H13NO/c19-10-12-5-3-4-11-8-9-14-13-6-1-2-7-15(13)18-17(14)16(11)12/h1-9,18-19H,10H2. The molecule has 1 aromatic heterocycles. The minimum Gasteiger partial charge on any atom is -0.392 e. The lowest BCUT2D eigenvalue weighted by Crippen LogP contribution is -1.86. The Kier molecular flexibility index (Phi) is 2.14. The Morgan fingerprint density at radius 2 is 1.74 bits per heavy atom. The molecule has 0 saturated heterocycles. The second kappa shape index (κ2) is 3.84. The Labute approximate surface area is 110 Å². The molecule has 0 amide bonds. The Balaban J connectivity index is 2.30. The first-order valence-electron chi connectivity index (χ1n) is 6.40. The molecule has 0 radical (unpaired) electrons. The van der Waals surface area contributed by atoms with Gasteiger partial charge in [0.25, 0.3) is 0 Å². The summed E-state index contributed by atoms with van der Waals surface area (Å²) in [6, 6.07) is 18.6. The van der Waals surface area contributed by atoms with E-state index in [1.165, 1.54) is 10.8 Å². The van der Waals surface area contributed by atoms with E-state index in [1.54, 1.807) is 0 Å². The van der Waals surface area contributed by atoms with E-state index in [9.17, 15) is 5.11 Å². The zero-order valence-electron chi connectivity index (χ0n) is 10.4. The molecule has 3 aromatic carbocycles. The number of nitrogens with one attached hydrogen (secondary N) is 1. The first-order chi connectivity index (χ1) is 9.38. The third-order valence-electron chi connectivity index (χ3n) is 3.78. The van der Waals surface area contributed by atoms with E-state index in [1.807, 2.05) is 18.2 Å². The van der Waals surface area contributed by atoms with Crippen LogP contribution >= 0.6 is 0 Å². The maximum Gasteiger partial charge on any atom is 0.0688 e. The first kappa shape index (κ1) is 10.6. The Morgan fingerprint density at radius 1 is 0.842 bits per heavy atom. The van der Waals surface area contributed by atoms with Crippen LogP contribution in [0.3, 0.4) is 0 Å². The third kappa shape index (κ3) is 1.41. The average Bonchev–Trinajstić information content (AvgIpc) is 2.85. The van der Waals surface area contributed by atoms with Crippen molar-refractivity contribution in [3.63, 3.8) is 0 Å². The monoisotopic (exact) mass is 247 g/mol. The predicted octanol–water partition coefficient (Wildman–Crippen LogP) is 3.97. The quantitative estimate of drug-likeness (QED) is 0.524. The zero-order valence-corrected chi connectivity index (χ0v) is 10.4. The molecule has 19 heavy (non-hydrogen) atoms. The number of H-pyrrole nitrogens is 1. The highest BCUT2D eigenvalue weighted by molar-refractivity contribution is 6.17. The SMILES string of the molecule is OCc1cccc2ccc3c4ccccc4[nH]c3c12. The lowest BCUT2D eigenvalue weighted by Gasteiger charge is -2.05. The van der Waals surface area contributed by atoms with Crippen molar-refractivity contribution in [3.05, 3.63) is 60.2 Å². The van der Waals surface area contributed by atoms with E-state index in [2.05, 4.69) is 41.4 Å². The number of fused-ring (bicyclic) bond motifs is 5. The molecule has 2 heteroatoms. The van der Waals surface area contributed by atoms with Crippen LogP contribution in [0.5, 0.6) is 0 Å². The Morgan fingerprint density at radius 3 is 2.63 bits per heavy atom. The minimum absolute atomic E-state index is 0.0613. The summed E-state index contributed by atoms with van der Waals surface area (Å²) < 4.78 is 0. The highest BCUT2D eigenvalue weighted by Gasteiger charge is 2.09. The number of hydrogen-bond acceptors (Lipinski definition) is 1. The van der Waals surface area contributed by atoms with Crippen molar-refractivity contribution in [3.8, 4) is 0 Å². The number of rotatable bonds is 1. The number of benzene rings is 3. The summed E-state index contributed by atoms with van der Waals surface area (Å²) in [6.07, 6.45) is 0. The van der Waals surface area contributed by atoms with Gasteiger partial charge in [0.1, 0.15) is 0 Å². The summed E-state index contributed by atoms with van der Waals surface area (Å²) >= 11 is 0. The summed E-state index contributed by atoms with van der Waals surface area (Å²) in [7, 11) is 0. The molecule has 0 saturated carbocycles. The third-order valence-corrected chi connectivity index (χ3v) is 3.78. The van der Waals surface area contributed by atoms with Crippen molar-refractivity contribution >= 4 is 32.6 Å². The molecule has 2 N–H and O–H groups in total. The normalized spacial score (nSPS) is 11.6. The molecule has 0 aliphatic rings. The molecular formula is C17H13NO. The fourth-order valence-corrected chi connectivity index (χ4v) is 2.90. The Hall–Kier alpha value is -2.32. The van der Waals surface area contributed by atoms with Gasteiger partial charge in [0.15, 0.2) is 0 Å². The molecule has 0 atom stereocenters. The molecule has 0 bridgehead atoms. The van der Waals surface area contributed by atoms with Gasteiger partial charge in [-0.15, -0.1) is 0 Å². The largest absolute Gasteiger partial charge is 0.392 e. The van der Waals surface area contributed by atoms with Crippen LogP contribution in [0, 0.1) is 0 Å². The van der Waals surface area contributed by atoms with Crippen molar-refractivity contribution in [1.82, 2.24) is 4.98 Å². The molecular weight excluding hydrogens is 234 g/mol. The minimum atomic E-state index is 0.0613. The fourth-order valence-electron chi connectivity index (χ4n) is 2.90. The second-order valence-electron chi connectivity index (χ2n) is 4.83. The highest BCUT2D eigenvalue weighted by atomic mass is 16.3. The van der Waals surface area contributed by atoms with Crippen LogP contribution in [0.25, 0.3) is 32.6 Å². The summed E-state index contributed by atoms with van der Waals surface area (Å²) in [5.74, 6) is 0. The van der Waals surface area contributed by atoms with Gasteiger partial charge in [0.05, 0.1) is 12.1 Å². The molecule has 4 rings (SSSR count). The van der Waals surface area contributed by atoms with Crippen LogP contribution in [0.1, 0.15) is 5.56 Å². The summed E-state index contributed by atoms with van der Waals surface area (Å²) in [5.41, 5.74) is 3.22. The van der Waals surface area contributed by atoms with Crippen molar-refractivity contribution in [2.75, 3.05) is 0 Å². The predicted molar refractivity (Wildman–Crippen MR) is 79.2 cm³/mol. The smallest absolute Gasteiger partial charge is 0.0688 e. The van der Waals surface area contributed by atoms with Crippen molar-refractivity contribution < 1.29 is 5.11 Å². The number of aliphatic hydroxyl groups excluding tert-OH is 1.